The van der Waals surface area contributed by atoms with Crippen molar-refractivity contribution in [1.82, 2.24) is 30.1 Å². The highest BCUT2D eigenvalue weighted by atomic mass is 16.5. The average Bonchev–Trinajstić information content (AvgIpc) is 3.48. The molecule has 0 bridgehead atoms. The Labute approximate surface area is 162 Å². The van der Waals surface area contributed by atoms with Crippen molar-refractivity contribution >= 4 is 5.91 Å². The Hall–Kier alpha value is -3.29. The molecule has 1 amide bonds. The monoisotopic (exact) mass is 376 g/mol. The molecule has 8 heteroatoms. The lowest BCUT2D eigenvalue weighted by Crippen LogP contribution is -2.31. The zero-order chi connectivity index (χ0) is 18.9. The number of hydrogen-bond donors (Lipinski definition) is 0. The molecule has 0 unspecified atom stereocenters. The van der Waals surface area contributed by atoms with E-state index in [4.69, 9.17) is 4.74 Å². The third-order valence-electron chi connectivity index (χ3n) is 5.47. The molecule has 3 aromatic rings. The van der Waals surface area contributed by atoms with E-state index in [1.165, 1.54) is 22.1 Å². The summed E-state index contributed by atoms with van der Waals surface area (Å²) in [6.07, 6.45) is 5.22. The molecule has 0 radical (unpaired) electrons. The van der Waals surface area contributed by atoms with Gasteiger partial charge in [-0.15, -0.1) is 5.10 Å². The predicted octanol–water partition coefficient (Wildman–Crippen LogP) is 1.69. The van der Waals surface area contributed by atoms with Crippen LogP contribution in [0, 0.1) is 0 Å². The summed E-state index contributed by atoms with van der Waals surface area (Å²) in [5.74, 6) is 1.34. The molecule has 0 aliphatic carbocycles. The molecular weight excluding hydrogens is 356 g/mol. The summed E-state index contributed by atoms with van der Waals surface area (Å²) >= 11 is 0. The van der Waals surface area contributed by atoms with Crippen LogP contribution < -0.4 is 4.74 Å². The number of pyridine rings is 1. The number of likely N-dealkylation sites (tertiary alicyclic amines) is 1. The van der Waals surface area contributed by atoms with Crippen molar-refractivity contribution in [2.24, 2.45) is 0 Å². The minimum Gasteiger partial charge on any atom is -0.493 e. The molecular formula is C20H20N6O2. The Balaban J connectivity index is 1.31. The smallest absolute Gasteiger partial charge is 0.244 e. The van der Waals surface area contributed by atoms with Crippen LogP contribution in [-0.2, 0) is 17.8 Å². The highest BCUT2D eigenvalue weighted by Gasteiger charge is 2.28. The van der Waals surface area contributed by atoms with Crippen molar-refractivity contribution < 1.29 is 9.53 Å². The van der Waals surface area contributed by atoms with Gasteiger partial charge in [0.1, 0.15) is 18.6 Å². The van der Waals surface area contributed by atoms with E-state index >= 15 is 0 Å². The van der Waals surface area contributed by atoms with E-state index in [1.807, 2.05) is 17.2 Å². The first-order valence-electron chi connectivity index (χ1n) is 9.47. The fraction of sp³-hybridized carbons (Fsp3) is 0.350. The zero-order valence-electron chi connectivity index (χ0n) is 15.4. The Morgan fingerprint density at radius 3 is 3.11 bits per heavy atom. The van der Waals surface area contributed by atoms with Crippen LogP contribution in [0.2, 0.25) is 0 Å². The molecule has 2 aromatic heterocycles. The van der Waals surface area contributed by atoms with Gasteiger partial charge in [-0.05, 0) is 58.3 Å². The topological polar surface area (TPSA) is 86.0 Å². The van der Waals surface area contributed by atoms with Gasteiger partial charge in [0.15, 0.2) is 0 Å². The van der Waals surface area contributed by atoms with Crippen LogP contribution in [0.25, 0.3) is 11.3 Å². The molecule has 28 heavy (non-hydrogen) atoms. The molecule has 0 saturated carbocycles. The summed E-state index contributed by atoms with van der Waals surface area (Å²) in [7, 11) is 0. The van der Waals surface area contributed by atoms with E-state index < -0.39 is 0 Å². The standard InChI is InChI=1S/C20H20N6O2/c27-20(12-26-13-22-23-24-26)25-7-4-17(11-25)14-3-6-21-18(10-14)15-1-2-19-16(9-15)5-8-28-19/h1-3,6,9-10,13,17H,4-5,7-8,11-12H2/t17-/m1/s1. The maximum Gasteiger partial charge on any atom is 0.244 e. The maximum absolute atomic E-state index is 12.5. The molecule has 1 atom stereocenters. The summed E-state index contributed by atoms with van der Waals surface area (Å²) in [6.45, 7) is 2.39. The van der Waals surface area contributed by atoms with E-state index in [1.54, 1.807) is 0 Å². The van der Waals surface area contributed by atoms with Crippen LogP contribution in [0.5, 0.6) is 5.75 Å². The first-order valence-corrected chi connectivity index (χ1v) is 9.47. The molecule has 4 heterocycles. The van der Waals surface area contributed by atoms with Gasteiger partial charge in [0.05, 0.1) is 12.3 Å². The molecule has 0 N–H and O–H groups in total. The van der Waals surface area contributed by atoms with Crippen LogP contribution >= 0.6 is 0 Å². The van der Waals surface area contributed by atoms with E-state index in [0.717, 1.165) is 43.0 Å². The number of ether oxygens (including phenoxy) is 1. The molecule has 0 spiro atoms. The van der Waals surface area contributed by atoms with Gasteiger partial charge in [-0.25, -0.2) is 4.68 Å². The van der Waals surface area contributed by atoms with Gasteiger partial charge in [0.25, 0.3) is 0 Å². The third kappa shape index (κ3) is 3.21. The number of carbonyl (C=O) groups is 1. The highest BCUT2D eigenvalue weighted by molar-refractivity contribution is 5.76. The number of nitrogens with zero attached hydrogens (tertiary/aromatic N) is 6. The summed E-state index contributed by atoms with van der Waals surface area (Å²) in [6, 6.07) is 10.5. The van der Waals surface area contributed by atoms with Gasteiger partial charge >= 0.3 is 0 Å². The predicted molar refractivity (Wildman–Crippen MR) is 101 cm³/mol. The quantitative estimate of drug-likeness (QED) is 0.689. The second-order valence-corrected chi connectivity index (χ2v) is 7.23. The fourth-order valence-corrected chi connectivity index (χ4v) is 3.95. The molecule has 8 nitrogen and oxygen atoms in total. The molecule has 2 aliphatic rings. The van der Waals surface area contributed by atoms with E-state index in [0.29, 0.717) is 12.5 Å². The van der Waals surface area contributed by atoms with Crippen molar-refractivity contribution in [1.29, 1.82) is 0 Å². The van der Waals surface area contributed by atoms with Crippen molar-refractivity contribution in [3.05, 3.63) is 54.0 Å². The normalized spacial score (nSPS) is 18.1. The number of carbonyl (C=O) groups excluding carboxylic acids is 1. The number of fused-ring (bicyclic) bond motifs is 1. The van der Waals surface area contributed by atoms with Gasteiger partial charge in [-0.3, -0.25) is 9.78 Å². The van der Waals surface area contributed by atoms with Gasteiger partial charge in [0, 0.05) is 37.2 Å². The van der Waals surface area contributed by atoms with Crippen molar-refractivity contribution in [2.45, 2.75) is 25.3 Å². The number of aromatic nitrogens is 5. The van der Waals surface area contributed by atoms with Gasteiger partial charge in [0.2, 0.25) is 5.91 Å². The number of tetrazole rings is 1. The zero-order valence-corrected chi connectivity index (χ0v) is 15.4. The van der Waals surface area contributed by atoms with Crippen molar-refractivity contribution in [3.8, 4) is 17.0 Å². The maximum atomic E-state index is 12.5. The number of rotatable bonds is 4. The summed E-state index contributed by atoms with van der Waals surface area (Å²) < 4.78 is 7.05. The van der Waals surface area contributed by atoms with E-state index in [9.17, 15) is 4.79 Å². The molecule has 2 aliphatic heterocycles. The summed E-state index contributed by atoms with van der Waals surface area (Å²) in [5, 5.41) is 10.9. The SMILES string of the molecule is O=C(Cn1cnnn1)N1CC[C@@H](c2ccnc(-c3ccc4c(c3)CCO4)c2)C1. The van der Waals surface area contributed by atoms with Crippen LogP contribution in [0.15, 0.2) is 42.9 Å². The van der Waals surface area contributed by atoms with E-state index in [-0.39, 0.29) is 12.5 Å². The molecule has 142 valence electrons. The summed E-state index contributed by atoms with van der Waals surface area (Å²) in [5.41, 5.74) is 4.53. The lowest BCUT2D eigenvalue weighted by molar-refractivity contribution is -0.131. The second-order valence-electron chi connectivity index (χ2n) is 7.23. The first kappa shape index (κ1) is 16.9. The van der Waals surface area contributed by atoms with Crippen LogP contribution in [-0.4, -0.2) is 55.7 Å². The Morgan fingerprint density at radius 2 is 2.21 bits per heavy atom. The number of hydrogen-bond acceptors (Lipinski definition) is 6. The largest absolute Gasteiger partial charge is 0.493 e. The van der Waals surface area contributed by atoms with Gasteiger partial charge < -0.3 is 9.64 Å². The molecule has 1 saturated heterocycles. The molecule has 1 fully saturated rings. The van der Waals surface area contributed by atoms with E-state index in [2.05, 4.69) is 44.8 Å². The molecule has 5 rings (SSSR count). The lowest BCUT2D eigenvalue weighted by Gasteiger charge is -2.16. The van der Waals surface area contributed by atoms with Crippen LogP contribution in [0.3, 0.4) is 0 Å². The summed E-state index contributed by atoms with van der Waals surface area (Å²) in [4.78, 5) is 18.9. The minimum absolute atomic E-state index is 0.0442. The Bertz CT molecular complexity index is 1000. The Kier molecular flexibility index (Phi) is 4.23. The van der Waals surface area contributed by atoms with Crippen LogP contribution in [0.4, 0.5) is 0 Å². The lowest BCUT2D eigenvalue weighted by atomic mass is 9.97. The molecule has 1 aromatic carbocycles. The third-order valence-corrected chi connectivity index (χ3v) is 5.47. The van der Waals surface area contributed by atoms with Crippen LogP contribution in [0.1, 0.15) is 23.5 Å². The van der Waals surface area contributed by atoms with Crippen molar-refractivity contribution in [2.75, 3.05) is 19.7 Å². The highest BCUT2D eigenvalue weighted by Crippen LogP contribution is 2.32. The second kappa shape index (κ2) is 7.03. The van der Waals surface area contributed by atoms with Crippen molar-refractivity contribution in [3.63, 3.8) is 0 Å². The first-order chi connectivity index (χ1) is 13.8. The minimum atomic E-state index is 0.0442. The Morgan fingerprint density at radius 1 is 1.25 bits per heavy atom. The van der Waals surface area contributed by atoms with Gasteiger partial charge in [-0.2, -0.15) is 0 Å². The number of amides is 1. The fourth-order valence-electron chi connectivity index (χ4n) is 3.95. The average molecular weight is 376 g/mol. The number of benzene rings is 1. The van der Waals surface area contributed by atoms with Gasteiger partial charge in [-0.1, -0.05) is 0 Å².